The molecule has 5 heteroatoms. The lowest BCUT2D eigenvalue weighted by molar-refractivity contribution is -0.145. The monoisotopic (exact) mass is 405 g/mol. The fourth-order valence-electron chi connectivity index (χ4n) is 2.94. The van der Waals surface area contributed by atoms with Gasteiger partial charge in [0.1, 0.15) is 10.4 Å². The number of esters is 1. The Labute approximate surface area is 157 Å². The van der Waals surface area contributed by atoms with Crippen LogP contribution in [0.25, 0.3) is 0 Å². The molecular formula is C20H24BrNO3. The predicted molar refractivity (Wildman–Crippen MR) is 103 cm³/mol. The highest BCUT2D eigenvalue weighted by Gasteiger charge is 2.43. The van der Waals surface area contributed by atoms with Gasteiger partial charge in [0.15, 0.2) is 0 Å². The Morgan fingerprint density at radius 1 is 1.24 bits per heavy atom. The van der Waals surface area contributed by atoms with Crippen LogP contribution in [-0.2, 0) is 14.3 Å². The molecular weight excluding hydrogens is 382 g/mol. The van der Waals surface area contributed by atoms with Crippen LogP contribution in [0.2, 0.25) is 0 Å². The van der Waals surface area contributed by atoms with Crippen LogP contribution in [0.5, 0.6) is 0 Å². The van der Waals surface area contributed by atoms with Crippen molar-refractivity contribution in [3.8, 4) is 0 Å². The second-order valence-corrected chi connectivity index (χ2v) is 7.89. The van der Waals surface area contributed by atoms with Crippen LogP contribution in [0.1, 0.15) is 31.7 Å². The SMILES string of the molecule is COC(=O)[C@H](CC(C)C)NC(=O)C1(Br)C=CC=CC1c1ccccc1. The molecule has 1 aliphatic carbocycles. The molecule has 25 heavy (non-hydrogen) atoms. The molecule has 0 saturated heterocycles. The first-order valence-corrected chi connectivity index (χ1v) is 9.16. The number of benzene rings is 1. The summed E-state index contributed by atoms with van der Waals surface area (Å²) >= 11 is 3.63. The number of carbonyl (C=O) groups is 2. The molecule has 0 radical (unpaired) electrons. The minimum absolute atomic E-state index is 0.170. The number of methoxy groups -OCH3 is 1. The molecule has 1 aromatic carbocycles. The smallest absolute Gasteiger partial charge is 0.328 e. The van der Waals surface area contributed by atoms with Crippen molar-refractivity contribution in [2.75, 3.05) is 7.11 Å². The van der Waals surface area contributed by atoms with Crippen molar-refractivity contribution in [2.45, 2.75) is 36.6 Å². The van der Waals surface area contributed by atoms with Gasteiger partial charge < -0.3 is 10.1 Å². The maximum atomic E-state index is 13.1. The standard InChI is InChI=1S/C20H24BrNO3/c1-14(2)13-17(18(23)25-3)22-19(24)20(21)12-8-7-11-16(20)15-9-5-4-6-10-15/h4-12,14,16-17H,13H2,1-3H3,(H,22,24)/t16?,17-,20?/m0/s1. The number of nitrogens with one attached hydrogen (secondary N) is 1. The Morgan fingerprint density at radius 3 is 2.52 bits per heavy atom. The number of halogens is 1. The average molecular weight is 406 g/mol. The zero-order valence-corrected chi connectivity index (χ0v) is 16.3. The van der Waals surface area contributed by atoms with E-state index in [4.69, 9.17) is 4.74 Å². The molecule has 1 N–H and O–H groups in total. The van der Waals surface area contributed by atoms with Crippen LogP contribution in [0.4, 0.5) is 0 Å². The molecule has 2 unspecified atom stereocenters. The van der Waals surface area contributed by atoms with E-state index in [0.29, 0.717) is 6.42 Å². The molecule has 4 nitrogen and oxygen atoms in total. The zero-order chi connectivity index (χ0) is 18.4. The first kappa shape index (κ1) is 19.4. The van der Waals surface area contributed by atoms with E-state index in [2.05, 4.69) is 21.2 Å². The van der Waals surface area contributed by atoms with Gasteiger partial charge in [-0.05, 0) is 17.9 Å². The summed E-state index contributed by atoms with van der Waals surface area (Å²) in [4.78, 5) is 25.1. The number of hydrogen-bond acceptors (Lipinski definition) is 3. The van der Waals surface area contributed by atoms with Crippen LogP contribution < -0.4 is 5.32 Å². The summed E-state index contributed by atoms with van der Waals surface area (Å²) in [5.74, 6) is -0.596. The summed E-state index contributed by atoms with van der Waals surface area (Å²) in [5.41, 5.74) is 1.02. The van der Waals surface area contributed by atoms with Crippen LogP contribution >= 0.6 is 15.9 Å². The normalized spacial score (nSPS) is 23.3. The van der Waals surface area contributed by atoms with Gasteiger partial charge in [-0.1, -0.05) is 84.4 Å². The van der Waals surface area contributed by atoms with Gasteiger partial charge in [-0.15, -0.1) is 0 Å². The molecule has 0 aliphatic heterocycles. The second-order valence-electron chi connectivity index (χ2n) is 6.58. The summed E-state index contributed by atoms with van der Waals surface area (Å²) < 4.78 is 3.89. The Hall–Kier alpha value is -1.88. The van der Waals surface area contributed by atoms with E-state index in [1.807, 2.05) is 68.5 Å². The highest BCUT2D eigenvalue weighted by molar-refractivity contribution is 9.10. The highest BCUT2D eigenvalue weighted by atomic mass is 79.9. The second kappa shape index (κ2) is 8.48. The molecule has 0 aromatic heterocycles. The molecule has 3 atom stereocenters. The summed E-state index contributed by atoms with van der Waals surface area (Å²) in [5, 5.41) is 2.86. The highest BCUT2D eigenvalue weighted by Crippen LogP contribution is 2.40. The predicted octanol–water partition coefficient (Wildman–Crippen LogP) is 3.73. The van der Waals surface area contributed by atoms with Gasteiger partial charge >= 0.3 is 5.97 Å². The van der Waals surface area contributed by atoms with Gasteiger partial charge in [-0.2, -0.15) is 0 Å². The Balaban J connectivity index is 2.26. The zero-order valence-electron chi connectivity index (χ0n) is 14.7. The number of amides is 1. The fraction of sp³-hybridized carbons (Fsp3) is 0.400. The van der Waals surface area contributed by atoms with E-state index < -0.39 is 16.3 Å². The fourth-order valence-corrected chi connectivity index (χ4v) is 3.63. The van der Waals surface area contributed by atoms with Crippen molar-refractivity contribution in [3.63, 3.8) is 0 Å². The van der Waals surface area contributed by atoms with Gasteiger partial charge in [0.25, 0.3) is 0 Å². The van der Waals surface area contributed by atoms with E-state index >= 15 is 0 Å². The van der Waals surface area contributed by atoms with Crippen molar-refractivity contribution >= 4 is 27.8 Å². The van der Waals surface area contributed by atoms with Crippen molar-refractivity contribution < 1.29 is 14.3 Å². The van der Waals surface area contributed by atoms with E-state index in [9.17, 15) is 9.59 Å². The number of ether oxygens (including phenoxy) is 1. The molecule has 0 bridgehead atoms. The number of allylic oxidation sites excluding steroid dienone is 3. The topological polar surface area (TPSA) is 55.4 Å². The van der Waals surface area contributed by atoms with E-state index in [1.165, 1.54) is 7.11 Å². The van der Waals surface area contributed by atoms with E-state index in [-0.39, 0.29) is 17.7 Å². The van der Waals surface area contributed by atoms with Gasteiger partial charge in [-0.3, -0.25) is 4.79 Å². The Bertz CT molecular complexity index is 669. The average Bonchev–Trinajstić information content (AvgIpc) is 2.61. The first-order chi connectivity index (χ1) is 11.9. The summed E-state index contributed by atoms with van der Waals surface area (Å²) in [6.45, 7) is 4.00. The minimum atomic E-state index is -0.952. The van der Waals surface area contributed by atoms with E-state index in [0.717, 1.165) is 5.56 Å². The Morgan fingerprint density at radius 2 is 1.92 bits per heavy atom. The number of alkyl halides is 1. The molecule has 1 aliphatic rings. The molecule has 0 fully saturated rings. The number of rotatable bonds is 6. The Kier molecular flexibility index (Phi) is 6.59. The third-order valence-electron chi connectivity index (χ3n) is 4.21. The van der Waals surface area contributed by atoms with Gasteiger partial charge in [0.2, 0.25) is 5.91 Å². The largest absolute Gasteiger partial charge is 0.467 e. The van der Waals surface area contributed by atoms with E-state index in [1.54, 1.807) is 0 Å². The van der Waals surface area contributed by atoms with Crippen molar-refractivity contribution in [2.24, 2.45) is 5.92 Å². The van der Waals surface area contributed by atoms with Crippen LogP contribution in [0, 0.1) is 5.92 Å². The summed E-state index contributed by atoms with van der Waals surface area (Å²) in [7, 11) is 1.34. The van der Waals surface area contributed by atoms with Crippen LogP contribution in [0.15, 0.2) is 54.6 Å². The first-order valence-electron chi connectivity index (χ1n) is 8.37. The lowest BCUT2D eigenvalue weighted by Crippen LogP contribution is -2.51. The summed E-state index contributed by atoms with van der Waals surface area (Å²) in [6.07, 6.45) is 8.10. The molecule has 2 rings (SSSR count). The lowest BCUT2D eigenvalue weighted by atomic mass is 9.82. The van der Waals surface area contributed by atoms with Gasteiger partial charge in [-0.25, -0.2) is 4.79 Å². The third kappa shape index (κ3) is 4.60. The number of hydrogen-bond donors (Lipinski definition) is 1. The van der Waals surface area contributed by atoms with Crippen molar-refractivity contribution in [3.05, 3.63) is 60.2 Å². The molecule has 0 spiro atoms. The van der Waals surface area contributed by atoms with Crippen LogP contribution in [-0.4, -0.2) is 29.4 Å². The molecule has 0 heterocycles. The quantitative estimate of drug-likeness (QED) is 0.579. The van der Waals surface area contributed by atoms with Crippen molar-refractivity contribution in [1.29, 1.82) is 0 Å². The van der Waals surface area contributed by atoms with Gasteiger partial charge in [0.05, 0.1) is 7.11 Å². The molecule has 1 aromatic rings. The van der Waals surface area contributed by atoms with Crippen LogP contribution in [0.3, 0.4) is 0 Å². The van der Waals surface area contributed by atoms with Crippen molar-refractivity contribution in [1.82, 2.24) is 5.32 Å². The third-order valence-corrected chi connectivity index (χ3v) is 5.33. The molecule has 134 valence electrons. The summed E-state index contributed by atoms with van der Waals surface area (Å²) in [6, 6.07) is 9.15. The van der Waals surface area contributed by atoms with Gasteiger partial charge in [0, 0.05) is 5.92 Å². The maximum absolute atomic E-state index is 13.1. The lowest BCUT2D eigenvalue weighted by Gasteiger charge is -2.33. The minimum Gasteiger partial charge on any atom is -0.467 e. The maximum Gasteiger partial charge on any atom is 0.328 e. The number of carbonyl (C=O) groups excluding carboxylic acids is 2. The molecule has 1 amide bonds. The molecule has 0 saturated carbocycles.